The molecule has 0 heterocycles. The van der Waals surface area contributed by atoms with E-state index >= 15 is 0 Å². The lowest BCUT2D eigenvalue weighted by atomic mass is 9.49. The first-order valence-corrected chi connectivity index (χ1v) is 12.1. The Morgan fingerprint density at radius 3 is 2.00 bits per heavy atom. The van der Waals surface area contributed by atoms with E-state index in [1.165, 1.54) is 50.3 Å². The van der Waals surface area contributed by atoms with Gasteiger partial charge >= 0.3 is 0 Å². The Kier molecular flexibility index (Phi) is 6.37. The fourth-order valence-corrected chi connectivity index (χ4v) is 6.75. The van der Waals surface area contributed by atoms with E-state index < -0.39 is 0 Å². The lowest BCUT2D eigenvalue weighted by molar-refractivity contribution is -0.133. The van der Waals surface area contributed by atoms with Gasteiger partial charge in [-0.15, -0.1) is 11.8 Å². The van der Waals surface area contributed by atoms with Gasteiger partial charge in [-0.3, -0.25) is 25.2 Å². The molecule has 3 N–H and O–H groups in total. The highest BCUT2D eigenvalue weighted by Crippen LogP contribution is 2.61. The zero-order valence-electron chi connectivity index (χ0n) is 17.5. The van der Waals surface area contributed by atoms with E-state index in [-0.39, 0.29) is 34.6 Å². The summed E-state index contributed by atoms with van der Waals surface area (Å²) in [6.07, 6.45) is 8.10. The summed E-state index contributed by atoms with van der Waals surface area (Å²) in [4.78, 5) is 36.4. The van der Waals surface area contributed by atoms with Crippen molar-refractivity contribution in [3.05, 3.63) is 29.8 Å². The van der Waals surface area contributed by atoms with Crippen LogP contribution < -0.4 is 16.2 Å². The molecule has 3 amide bonds. The van der Waals surface area contributed by atoms with Crippen molar-refractivity contribution >= 4 is 35.2 Å². The van der Waals surface area contributed by atoms with Gasteiger partial charge in [0.05, 0.1) is 11.5 Å². The smallest absolute Gasteiger partial charge is 0.248 e. The van der Waals surface area contributed by atoms with Crippen LogP contribution in [0.15, 0.2) is 24.3 Å². The highest BCUT2D eigenvalue weighted by molar-refractivity contribution is 8.00. The molecule has 6 nitrogen and oxygen atoms in total. The number of hydrazine groups is 1. The van der Waals surface area contributed by atoms with Gasteiger partial charge in [-0.25, -0.2) is 0 Å². The fraction of sp³-hybridized carbons (Fsp3) is 0.609. The summed E-state index contributed by atoms with van der Waals surface area (Å²) in [6.45, 7) is 1.99. The summed E-state index contributed by atoms with van der Waals surface area (Å²) in [5, 5.41) is 2.80. The number of anilines is 1. The summed E-state index contributed by atoms with van der Waals surface area (Å²) in [6, 6.07) is 7.57. The van der Waals surface area contributed by atoms with Crippen molar-refractivity contribution in [2.45, 2.75) is 51.9 Å². The first-order valence-electron chi connectivity index (χ1n) is 10.9. The standard InChI is InChI=1S/C23H31N3O3S/c1-15-2-4-19(5-3-15)24-21(28)13-30-14-22(29)26-25-20(27)12-23-9-16-6-17(10-23)8-18(7-16)11-23/h2-5,16-18H,6-14H2,1H3,(H,24,28)(H,25,27)(H,26,29). The molecule has 1 aromatic rings. The van der Waals surface area contributed by atoms with Gasteiger partial charge in [0.25, 0.3) is 0 Å². The van der Waals surface area contributed by atoms with E-state index in [9.17, 15) is 14.4 Å². The number of nitrogens with one attached hydrogen (secondary N) is 3. The van der Waals surface area contributed by atoms with Crippen molar-refractivity contribution in [2.75, 3.05) is 16.8 Å². The molecule has 0 radical (unpaired) electrons. The Morgan fingerprint density at radius 2 is 1.40 bits per heavy atom. The molecule has 0 aliphatic heterocycles. The maximum absolute atomic E-state index is 12.4. The first-order chi connectivity index (χ1) is 14.4. The van der Waals surface area contributed by atoms with Crippen LogP contribution in [0.25, 0.3) is 0 Å². The number of carbonyl (C=O) groups is 3. The van der Waals surface area contributed by atoms with Gasteiger partial charge in [0, 0.05) is 12.1 Å². The van der Waals surface area contributed by atoms with Crippen molar-refractivity contribution in [3.8, 4) is 0 Å². The zero-order valence-corrected chi connectivity index (χ0v) is 18.4. The third-order valence-corrected chi connectivity index (χ3v) is 7.78. The SMILES string of the molecule is Cc1ccc(NC(=O)CSCC(=O)NNC(=O)CC23CC4CC(CC(C4)C2)C3)cc1. The molecular formula is C23H31N3O3S. The molecule has 0 atom stereocenters. The number of carbonyl (C=O) groups excluding carboxylic acids is 3. The quantitative estimate of drug-likeness (QED) is 0.580. The molecule has 162 valence electrons. The van der Waals surface area contributed by atoms with E-state index in [1.54, 1.807) is 0 Å². The number of hydrogen-bond acceptors (Lipinski definition) is 4. The van der Waals surface area contributed by atoms with Crippen molar-refractivity contribution in [1.82, 2.24) is 10.9 Å². The molecule has 0 spiro atoms. The molecule has 0 unspecified atom stereocenters. The third kappa shape index (κ3) is 5.36. The van der Waals surface area contributed by atoms with Crippen LogP contribution >= 0.6 is 11.8 Å². The summed E-state index contributed by atoms with van der Waals surface area (Å²) >= 11 is 1.22. The summed E-state index contributed by atoms with van der Waals surface area (Å²) in [7, 11) is 0. The number of hydrogen-bond donors (Lipinski definition) is 3. The molecule has 4 bridgehead atoms. The third-order valence-electron chi connectivity index (χ3n) is 6.84. The minimum Gasteiger partial charge on any atom is -0.325 e. The molecule has 5 rings (SSSR count). The topological polar surface area (TPSA) is 87.3 Å². The van der Waals surface area contributed by atoms with Crippen molar-refractivity contribution in [2.24, 2.45) is 23.2 Å². The van der Waals surface area contributed by atoms with E-state index in [2.05, 4.69) is 16.2 Å². The lowest BCUT2D eigenvalue weighted by Gasteiger charge is -2.56. The van der Waals surface area contributed by atoms with Gasteiger partial charge in [-0.05, 0) is 80.8 Å². The molecule has 0 saturated heterocycles. The molecule has 4 aliphatic carbocycles. The van der Waals surface area contributed by atoms with E-state index in [0.717, 1.165) is 29.0 Å². The first kappa shape index (κ1) is 21.2. The Morgan fingerprint density at radius 1 is 0.867 bits per heavy atom. The average Bonchev–Trinajstić information content (AvgIpc) is 2.67. The number of aryl methyl sites for hydroxylation is 1. The highest BCUT2D eigenvalue weighted by Gasteiger charge is 2.51. The summed E-state index contributed by atoms with van der Waals surface area (Å²) in [5.74, 6) is 2.20. The Balaban J connectivity index is 1.12. The number of rotatable bonds is 7. The summed E-state index contributed by atoms with van der Waals surface area (Å²) in [5.41, 5.74) is 7.12. The van der Waals surface area contributed by atoms with Crippen LogP contribution in [0, 0.1) is 30.1 Å². The van der Waals surface area contributed by atoms with Crippen LogP contribution in [0.2, 0.25) is 0 Å². The van der Waals surface area contributed by atoms with E-state index in [0.29, 0.717) is 6.42 Å². The molecule has 1 aromatic carbocycles. The number of amides is 3. The lowest BCUT2D eigenvalue weighted by Crippen LogP contribution is -2.50. The van der Waals surface area contributed by atoms with E-state index in [4.69, 9.17) is 0 Å². The second-order valence-electron chi connectivity index (χ2n) is 9.60. The van der Waals surface area contributed by atoms with Crippen LogP contribution in [-0.4, -0.2) is 29.2 Å². The van der Waals surface area contributed by atoms with Gasteiger partial charge < -0.3 is 5.32 Å². The van der Waals surface area contributed by atoms with Gasteiger partial charge in [0.2, 0.25) is 17.7 Å². The van der Waals surface area contributed by atoms with Crippen LogP contribution in [0.5, 0.6) is 0 Å². The second-order valence-corrected chi connectivity index (χ2v) is 10.6. The molecule has 4 fully saturated rings. The van der Waals surface area contributed by atoms with Crippen LogP contribution in [0.1, 0.15) is 50.5 Å². The normalized spacial score (nSPS) is 28.8. The van der Waals surface area contributed by atoms with Crippen molar-refractivity contribution in [1.29, 1.82) is 0 Å². The van der Waals surface area contributed by atoms with Crippen molar-refractivity contribution in [3.63, 3.8) is 0 Å². The van der Waals surface area contributed by atoms with Gasteiger partial charge in [0.1, 0.15) is 0 Å². The van der Waals surface area contributed by atoms with Gasteiger partial charge in [-0.2, -0.15) is 0 Å². The Bertz CT molecular complexity index is 773. The van der Waals surface area contributed by atoms with Crippen LogP contribution in [0.4, 0.5) is 5.69 Å². The Hall–Kier alpha value is -2.02. The molecule has 0 aromatic heterocycles. The van der Waals surface area contributed by atoms with Crippen LogP contribution in [-0.2, 0) is 14.4 Å². The number of benzene rings is 1. The zero-order chi connectivity index (χ0) is 21.1. The van der Waals surface area contributed by atoms with Crippen LogP contribution in [0.3, 0.4) is 0 Å². The molecule has 7 heteroatoms. The van der Waals surface area contributed by atoms with Crippen molar-refractivity contribution < 1.29 is 14.4 Å². The molecular weight excluding hydrogens is 398 g/mol. The molecule has 4 saturated carbocycles. The number of thioether (sulfide) groups is 1. The summed E-state index contributed by atoms with van der Waals surface area (Å²) < 4.78 is 0. The average molecular weight is 430 g/mol. The van der Waals surface area contributed by atoms with Gasteiger partial charge in [0.15, 0.2) is 0 Å². The minimum atomic E-state index is -0.290. The molecule has 4 aliphatic rings. The predicted molar refractivity (Wildman–Crippen MR) is 119 cm³/mol. The maximum atomic E-state index is 12.4. The van der Waals surface area contributed by atoms with Gasteiger partial charge in [-0.1, -0.05) is 17.7 Å². The minimum absolute atomic E-state index is 0.0904. The molecule has 30 heavy (non-hydrogen) atoms. The monoisotopic (exact) mass is 429 g/mol. The highest BCUT2D eigenvalue weighted by atomic mass is 32.2. The maximum Gasteiger partial charge on any atom is 0.248 e. The van der Waals surface area contributed by atoms with E-state index in [1.807, 2.05) is 31.2 Å². The largest absolute Gasteiger partial charge is 0.325 e. The fourth-order valence-electron chi connectivity index (χ4n) is 6.14. The predicted octanol–water partition coefficient (Wildman–Crippen LogP) is 3.42. The second kappa shape index (κ2) is 9.00. The Labute approximate surface area is 182 Å².